The summed E-state index contributed by atoms with van der Waals surface area (Å²) < 4.78 is 34.3. The molecule has 0 unspecified atom stereocenters. The Kier molecular flexibility index (Phi) is 5.51. The molecule has 2 heterocycles. The summed E-state index contributed by atoms with van der Waals surface area (Å²) in [4.78, 5) is 26.7. The Balaban J connectivity index is 1.23. The lowest BCUT2D eigenvalue weighted by atomic mass is 10.1. The van der Waals surface area contributed by atoms with Crippen molar-refractivity contribution in [1.29, 1.82) is 0 Å². The van der Waals surface area contributed by atoms with Crippen LogP contribution in [0.4, 0.5) is 0 Å². The Morgan fingerprint density at radius 3 is 2.36 bits per heavy atom. The van der Waals surface area contributed by atoms with Crippen molar-refractivity contribution in [3.05, 3.63) is 77.3 Å². The van der Waals surface area contributed by atoms with E-state index < -0.39 is 15.8 Å². The molecule has 1 amide bonds. The molecule has 0 aliphatic carbocycles. The minimum atomic E-state index is -3.64. The van der Waals surface area contributed by atoms with E-state index >= 15 is 0 Å². The van der Waals surface area contributed by atoms with Crippen LogP contribution >= 0.6 is 0 Å². The van der Waals surface area contributed by atoms with Crippen molar-refractivity contribution in [2.45, 2.75) is 17.9 Å². The minimum absolute atomic E-state index is 0.116. The third-order valence-corrected chi connectivity index (χ3v) is 7.97. The molecule has 0 bridgehead atoms. The number of nitrogens with zero attached hydrogens (tertiary/aromatic N) is 3. The van der Waals surface area contributed by atoms with Crippen LogP contribution < -0.4 is 5.76 Å². The molecule has 1 aromatic heterocycles. The molecule has 3 aromatic carbocycles. The van der Waals surface area contributed by atoms with Gasteiger partial charge in [0.2, 0.25) is 15.9 Å². The molecule has 1 aliphatic heterocycles. The maximum Gasteiger partial charge on any atom is 0.419 e. The predicted molar refractivity (Wildman–Crippen MR) is 124 cm³/mol. The highest BCUT2D eigenvalue weighted by Crippen LogP contribution is 2.23. The molecular weight excluding hydrogens is 442 g/mol. The van der Waals surface area contributed by atoms with E-state index in [1.54, 1.807) is 35.2 Å². The molecule has 33 heavy (non-hydrogen) atoms. The smallest absolute Gasteiger partial charge is 0.408 e. The highest BCUT2D eigenvalue weighted by molar-refractivity contribution is 7.89. The zero-order valence-electron chi connectivity index (χ0n) is 17.9. The monoisotopic (exact) mass is 465 g/mol. The van der Waals surface area contributed by atoms with Crippen LogP contribution in [0.2, 0.25) is 0 Å². The zero-order valence-corrected chi connectivity index (χ0v) is 18.7. The van der Waals surface area contributed by atoms with Gasteiger partial charge in [-0.3, -0.25) is 9.36 Å². The Morgan fingerprint density at radius 1 is 0.879 bits per heavy atom. The number of aryl methyl sites for hydroxylation is 1. The normalized spacial score (nSPS) is 15.3. The summed E-state index contributed by atoms with van der Waals surface area (Å²) in [5, 5.41) is 1.85. The summed E-state index contributed by atoms with van der Waals surface area (Å²) in [6.45, 7) is 1.30. The quantitative estimate of drug-likeness (QED) is 0.452. The van der Waals surface area contributed by atoms with E-state index in [0.29, 0.717) is 24.2 Å². The first-order valence-corrected chi connectivity index (χ1v) is 12.2. The summed E-state index contributed by atoms with van der Waals surface area (Å²) in [5.41, 5.74) is 1.14. The lowest BCUT2D eigenvalue weighted by Crippen LogP contribution is -2.50. The fraction of sp³-hybridized carbons (Fsp3) is 0.250. The maximum absolute atomic E-state index is 13.1. The van der Waals surface area contributed by atoms with Crippen LogP contribution in [0.1, 0.15) is 6.42 Å². The van der Waals surface area contributed by atoms with E-state index in [4.69, 9.17) is 4.42 Å². The van der Waals surface area contributed by atoms with Gasteiger partial charge in [-0.2, -0.15) is 4.31 Å². The summed E-state index contributed by atoms with van der Waals surface area (Å²) in [5.74, 6) is -0.606. The maximum atomic E-state index is 13.1. The van der Waals surface area contributed by atoms with Gasteiger partial charge in [-0.15, -0.1) is 0 Å². The predicted octanol–water partition coefficient (Wildman–Crippen LogP) is 2.67. The number of aromatic nitrogens is 1. The van der Waals surface area contributed by atoms with E-state index in [1.165, 1.54) is 8.87 Å². The van der Waals surface area contributed by atoms with Crippen molar-refractivity contribution < 1.29 is 17.6 Å². The highest BCUT2D eigenvalue weighted by Gasteiger charge is 2.30. The Morgan fingerprint density at radius 2 is 1.58 bits per heavy atom. The van der Waals surface area contributed by atoms with Gasteiger partial charge >= 0.3 is 5.76 Å². The third-order valence-electron chi connectivity index (χ3n) is 6.07. The van der Waals surface area contributed by atoms with Gasteiger partial charge in [0.05, 0.1) is 10.4 Å². The fourth-order valence-electron chi connectivity index (χ4n) is 4.25. The van der Waals surface area contributed by atoms with Crippen LogP contribution in [0, 0.1) is 0 Å². The number of piperazine rings is 1. The van der Waals surface area contributed by atoms with Crippen LogP contribution in [-0.4, -0.2) is 54.3 Å². The molecule has 8 nitrogen and oxygen atoms in total. The number of hydrogen-bond donors (Lipinski definition) is 0. The van der Waals surface area contributed by atoms with Crippen molar-refractivity contribution in [2.75, 3.05) is 26.2 Å². The summed E-state index contributed by atoms with van der Waals surface area (Å²) in [7, 11) is -3.64. The van der Waals surface area contributed by atoms with Crippen molar-refractivity contribution >= 4 is 37.8 Å². The van der Waals surface area contributed by atoms with Crippen molar-refractivity contribution in [3.8, 4) is 0 Å². The zero-order chi connectivity index (χ0) is 23.0. The number of benzene rings is 3. The average Bonchev–Trinajstić information content (AvgIpc) is 3.17. The van der Waals surface area contributed by atoms with Crippen LogP contribution in [0.15, 0.2) is 80.8 Å². The van der Waals surface area contributed by atoms with Crippen LogP contribution in [0.3, 0.4) is 0 Å². The van der Waals surface area contributed by atoms with Gasteiger partial charge in [-0.1, -0.05) is 42.5 Å². The van der Waals surface area contributed by atoms with Gasteiger partial charge < -0.3 is 9.32 Å². The first kappa shape index (κ1) is 21.4. The molecule has 170 valence electrons. The lowest BCUT2D eigenvalue weighted by Gasteiger charge is -2.34. The average molecular weight is 466 g/mol. The molecule has 1 saturated heterocycles. The number of hydrogen-bond acceptors (Lipinski definition) is 5. The van der Waals surface area contributed by atoms with Gasteiger partial charge in [0.25, 0.3) is 0 Å². The molecule has 0 radical (unpaired) electrons. The Labute approximate surface area is 190 Å². The van der Waals surface area contributed by atoms with E-state index in [1.807, 2.05) is 36.4 Å². The van der Waals surface area contributed by atoms with Gasteiger partial charge in [-0.05, 0) is 35.0 Å². The third kappa shape index (κ3) is 4.05. The lowest BCUT2D eigenvalue weighted by molar-refractivity contribution is -0.132. The van der Waals surface area contributed by atoms with Gasteiger partial charge in [0.1, 0.15) is 0 Å². The first-order chi connectivity index (χ1) is 15.9. The van der Waals surface area contributed by atoms with Crippen molar-refractivity contribution in [1.82, 2.24) is 13.8 Å². The molecule has 0 atom stereocenters. The summed E-state index contributed by atoms with van der Waals surface area (Å²) in [6, 6.07) is 19.8. The second-order valence-corrected chi connectivity index (χ2v) is 9.97. The Hall–Kier alpha value is -3.43. The topological polar surface area (TPSA) is 92.8 Å². The number of para-hydroxylation sites is 2. The number of sulfonamides is 1. The number of rotatable bonds is 5. The standard InChI is InChI=1S/C24H23N3O5S/c28-23(11-12-27-21-7-3-4-8-22(21)32-24(27)29)25-13-15-26(16-14-25)33(30,31)20-10-9-18-5-1-2-6-19(18)17-20/h1-10,17H,11-16H2. The van der Waals surface area contributed by atoms with Crippen LogP contribution in [0.5, 0.6) is 0 Å². The molecule has 4 aromatic rings. The van der Waals surface area contributed by atoms with Crippen molar-refractivity contribution in [2.24, 2.45) is 0 Å². The number of carbonyl (C=O) groups is 1. The van der Waals surface area contributed by atoms with Crippen LogP contribution in [0.25, 0.3) is 21.9 Å². The number of oxazole rings is 1. The molecule has 0 spiro atoms. The Bertz CT molecular complexity index is 1500. The van der Waals surface area contributed by atoms with Gasteiger partial charge in [0, 0.05) is 39.1 Å². The highest BCUT2D eigenvalue weighted by atomic mass is 32.2. The van der Waals surface area contributed by atoms with E-state index in [0.717, 1.165) is 10.8 Å². The second kappa shape index (κ2) is 8.49. The first-order valence-electron chi connectivity index (χ1n) is 10.8. The SMILES string of the molecule is O=C(CCn1c(=O)oc2ccccc21)N1CCN(S(=O)(=O)c2ccc3ccccc3c2)CC1. The van der Waals surface area contributed by atoms with E-state index in [2.05, 4.69) is 0 Å². The molecule has 5 rings (SSSR count). The number of carbonyl (C=O) groups excluding carboxylic acids is 1. The van der Waals surface area contributed by atoms with E-state index in [-0.39, 0.29) is 36.9 Å². The molecule has 0 saturated carbocycles. The molecule has 1 fully saturated rings. The van der Waals surface area contributed by atoms with Crippen LogP contribution in [-0.2, 0) is 21.4 Å². The molecule has 9 heteroatoms. The molecular formula is C24H23N3O5S. The fourth-order valence-corrected chi connectivity index (χ4v) is 5.70. The molecule has 1 aliphatic rings. The number of amides is 1. The second-order valence-electron chi connectivity index (χ2n) is 8.03. The summed E-state index contributed by atoms with van der Waals surface area (Å²) in [6.07, 6.45) is 0.140. The van der Waals surface area contributed by atoms with Gasteiger partial charge in [0.15, 0.2) is 5.58 Å². The summed E-state index contributed by atoms with van der Waals surface area (Å²) >= 11 is 0. The largest absolute Gasteiger partial charge is 0.419 e. The van der Waals surface area contributed by atoms with Crippen molar-refractivity contribution in [3.63, 3.8) is 0 Å². The molecule has 0 N–H and O–H groups in total. The van der Waals surface area contributed by atoms with Gasteiger partial charge in [-0.25, -0.2) is 13.2 Å². The number of fused-ring (bicyclic) bond motifs is 2. The van der Waals surface area contributed by atoms with E-state index in [9.17, 15) is 18.0 Å². The minimum Gasteiger partial charge on any atom is -0.408 e.